The molecule has 1 aliphatic rings. The van der Waals surface area contributed by atoms with Crippen LogP contribution in [0.25, 0.3) is 11.4 Å². The third-order valence-corrected chi connectivity index (χ3v) is 4.92. The topological polar surface area (TPSA) is 96.8 Å². The van der Waals surface area contributed by atoms with Crippen LogP contribution in [-0.4, -0.2) is 45.7 Å². The monoisotopic (exact) mass is 398 g/mol. The zero-order valence-corrected chi connectivity index (χ0v) is 15.9. The van der Waals surface area contributed by atoms with E-state index in [1.807, 2.05) is 24.3 Å². The van der Waals surface area contributed by atoms with Gasteiger partial charge >= 0.3 is 6.03 Å². The molecule has 3 aromatic rings. The fraction of sp³-hybridized carbons (Fsp3) is 0.211. The smallest absolute Gasteiger partial charge is 0.324 e. The normalized spacial score (nSPS) is 13.2. The number of anilines is 1. The number of urea groups is 1. The van der Waals surface area contributed by atoms with Gasteiger partial charge in [0.1, 0.15) is 23.9 Å². The number of nitrogens with one attached hydrogen (secondary N) is 1. The van der Waals surface area contributed by atoms with E-state index < -0.39 is 0 Å². The number of phenols is 1. The Balaban J connectivity index is 1.46. The van der Waals surface area contributed by atoms with Gasteiger partial charge in [-0.1, -0.05) is 12.1 Å². The Morgan fingerprint density at radius 2 is 2.21 bits per heavy atom. The van der Waals surface area contributed by atoms with Gasteiger partial charge in [0.15, 0.2) is 5.82 Å². The number of carbonyl (C=O) groups excluding carboxylic acids is 1. The Kier molecular flexibility index (Phi) is 4.98. The number of phenolic OH excluding ortho intramolecular Hbond substituents is 1. The number of amides is 2. The number of rotatable bonds is 3. The van der Waals surface area contributed by atoms with E-state index in [9.17, 15) is 9.90 Å². The van der Waals surface area contributed by atoms with Crippen molar-refractivity contribution in [1.82, 2.24) is 14.3 Å². The van der Waals surface area contributed by atoms with Gasteiger partial charge < -0.3 is 19.5 Å². The predicted molar refractivity (Wildman–Crippen MR) is 105 cm³/mol. The summed E-state index contributed by atoms with van der Waals surface area (Å²) in [7, 11) is 1.60. The fourth-order valence-electron chi connectivity index (χ4n) is 2.86. The maximum Gasteiger partial charge on any atom is 0.324 e. The Hall–Kier alpha value is -3.33. The van der Waals surface area contributed by atoms with E-state index in [0.29, 0.717) is 42.2 Å². The number of fused-ring (bicyclic) bond motifs is 1. The van der Waals surface area contributed by atoms with Crippen LogP contribution in [-0.2, 0) is 6.54 Å². The summed E-state index contributed by atoms with van der Waals surface area (Å²) < 4.78 is 15.2. The first-order chi connectivity index (χ1) is 13.6. The molecule has 2 amide bonds. The van der Waals surface area contributed by atoms with E-state index in [1.165, 1.54) is 0 Å². The van der Waals surface area contributed by atoms with Crippen molar-refractivity contribution in [2.75, 3.05) is 25.6 Å². The predicted octanol–water partition coefficient (Wildman–Crippen LogP) is 3.35. The van der Waals surface area contributed by atoms with Crippen molar-refractivity contribution in [2.45, 2.75) is 6.54 Å². The lowest BCUT2D eigenvalue weighted by Crippen LogP contribution is -2.36. The molecule has 0 atom stereocenters. The highest BCUT2D eigenvalue weighted by Gasteiger charge is 2.21. The fourth-order valence-corrected chi connectivity index (χ4v) is 3.44. The number of aromatic nitrogens is 2. The number of hydrogen-bond acceptors (Lipinski definition) is 7. The molecule has 8 nitrogen and oxygen atoms in total. The number of nitrogens with zero attached hydrogens (tertiary/aromatic N) is 3. The second kappa shape index (κ2) is 7.73. The number of carbonyl (C=O) groups is 1. The molecule has 0 unspecified atom stereocenters. The van der Waals surface area contributed by atoms with E-state index in [1.54, 1.807) is 30.2 Å². The van der Waals surface area contributed by atoms with E-state index in [2.05, 4.69) is 14.7 Å². The summed E-state index contributed by atoms with van der Waals surface area (Å²) in [6.45, 7) is 1.14. The Morgan fingerprint density at radius 1 is 1.32 bits per heavy atom. The van der Waals surface area contributed by atoms with Gasteiger partial charge in [-0.15, -0.1) is 0 Å². The van der Waals surface area contributed by atoms with Crippen molar-refractivity contribution >= 4 is 22.7 Å². The summed E-state index contributed by atoms with van der Waals surface area (Å²) in [6, 6.07) is 12.0. The van der Waals surface area contributed by atoms with Gasteiger partial charge in [0.25, 0.3) is 0 Å². The summed E-state index contributed by atoms with van der Waals surface area (Å²) in [4.78, 5) is 18.7. The molecule has 1 aliphatic heterocycles. The van der Waals surface area contributed by atoms with Crippen LogP contribution < -0.4 is 14.8 Å². The highest BCUT2D eigenvalue weighted by Crippen LogP contribution is 2.28. The molecule has 0 spiro atoms. The Labute approximate surface area is 165 Å². The maximum atomic E-state index is 12.7. The lowest BCUT2D eigenvalue weighted by Gasteiger charge is -2.19. The molecule has 0 saturated carbocycles. The van der Waals surface area contributed by atoms with Crippen molar-refractivity contribution < 1.29 is 19.4 Å². The summed E-state index contributed by atoms with van der Waals surface area (Å²) in [5.41, 5.74) is 1.65. The van der Waals surface area contributed by atoms with E-state index in [-0.39, 0.29) is 11.8 Å². The van der Waals surface area contributed by atoms with E-state index >= 15 is 0 Å². The molecule has 9 heteroatoms. The van der Waals surface area contributed by atoms with Gasteiger partial charge in [0, 0.05) is 28.7 Å². The number of benzene rings is 2. The highest BCUT2D eigenvalue weighted by molar-refractivity contribution is 7.10. The van der Waals surface area contributed by atoms with Crippen molar-refractivity contribution in [3.63, 3.8) is 0 Å². The first-order valence-electron chi connectivity index (χ1n) is 8.61. The molecular weight excluding hydrogens is 380 g/mol. The second-order valence-electron chi connectivity index (χ2n) is 6.15. The van der Waals surface area contributed by atoms with Gasteiger partial charge in [-0.2, -0.15) is 9.36 Å². The number of ether oxygens (including phenoxy) is 2. The molecule has 0 aliphatic carbocycles. The van der Waals surface area contributed by atoms with Crippen LogP contribution in [0.3, 0.4) is 0 Å². The SMILES string of the molecule is COc1cccc(-c2nsc(NC(=O)N3CCOc4cc(O)ccc4C3)n2)c1. The molecule has 0 saturated heterocycles. The van der Waals surface area contributed by atoms with Crippen LogP contribution in [0.15, 0.2) is 42.5 Å². The Bertz CT molecular complexity index is 1010. The minimum absolute atomic E-state index is 0.135. The first kappa shape index (κ1) is 18.1. The van der Waals surface area contributed by atoms with Crippen LogP contribution in [0, 0.1) is 0 Å². The van der Waals surface area contributed by atoms with Crippen LogP contribution in [0.1, 0.15) is 5.56 Å². The third kappa shape index (κ3) is 3.84. The van der Waals surface area contributed by atoms with Crippen molar-refractivity contribution in [2.24, 2.45) is 0 Å². The van der Waals surface area contributed by atoms with Crippen molar-refractivity contribution in [3.8, 4) is 28.6 Å². The van der Waals surface area contributed by atoms with Crippen LogP contribution in [0.2, 0.25) is 0 Å². The molecule has 144 valence electrons. The third-order valence-electron chi connectivity index (χ3n) is 4.29. The number of aromatic hydroxyl groups is 1. The van der Waals surface area contributed by atoms with Gasteiger partial charge in [0.2, 0.25) is 5.13 Å². The largest absolute Gasteiger partial charge is 0.508 e. The average Bonchev–Trinajstić information content (AvgIpc) is 3.06. The number of hydrogen-bond donors (Lipinski definition) is 2. The van der Waals surface area contributed by atoms with Crippen molar-refractivity contribution in [3.05, 3.63) is 48.0 Å². The summed E-state index contributed by atoms with van der Waals surface area (Å²) >= 11 is 1.12. The lowest BCUT2D eigenvalue weighted by molar-refractivity contribution is 0.200. The van der Waals surface area contributed by atoms with E-state index in [0.717, 1.165) is 22.7 Å². The highest BCUT2D eigenvalue weighted by atomic mass is 32.1. The van der Waals surface area contributed by atoms with Crippen molar-refractivity contribution in [1.29, 1.82) is 0 Å². The molecule has 1 aromatic heterocycles. The van der Waals surface area contributed by atoms with Gasteiger partial charge in [-0.3, -0.25) is 5.32 Å². The average molecular weight is 398 g/mol. The van der Waals surface area contributed by atoms with Crippen LogP contribution in [0.5, 0.6) is 17.2 Å². The molecule has 0 fully saturated rings. The summed E-state index contributed by atoms with van der Waals surface area (Å²) in [5, 5.41) is 12.8. The standard InChI is InChI=1S/C19H18N4O4S/c1-26-15-4-2-3-12(9-15)17-20-18(28-22-17)21-19(25)23-7-8-27-16-10-14(24)6-5-13(16)11-23/h2-6,9-10,24H,7-8,11H2,1H3,(H,20,21,22,25). The lowest BCUT2D eigenvalue weighted by atomic mass is 10.2. The molecule has 2 heterocycles. The molecule has 28 heavy (non-hydrogen) atoms. The van der Waals surface area contributed by atoms with Gasteiger partial charge in [-0.05, 0) is 24.3 Å². The first-order valence-corrected chi connectivity index (χ1v) is 9.38. The van der Waals surface area contributed by atoms with Crippen LogP contribution >= 0.6 is 11.5 Å². The minimum atomic E-state index is -0.280. The van der Waals surface area contributed by atoms with E-state index in [4.69, 9.17) is 9.47 Å². The maximum absolute atomic E-state index is 12.7. The summed E-state index contributed by atoms with van der Waals surface area (Å²) in [6.07, 6.45) is 0. The zero-order chi connectivity index (χ0) is 19.5. The second-order valence-corrected chi connectivity index (χ2v) is 6.90. The zero-order valence-electron chi connectivity index (χ0n) is 15.1. The quantitative estimate of drug-likeness (QED) is 0.702. The minimum Gasteiger partial charge on any atom is -0.508 e. The summed E-state index contributed by atoms with van der Waals surface area (Å²) in [5.74, 6) is 1.97. The molecule has 2 aromatic carbocycles. The van der Waals surface area contributed by atoms with Crippen LogP contribution in [0.4, 0.5) is 9.93 Å². The number of methoxy groups -OCH3 is 1. The molecule has 2 N–H and O–H groups in total. The molecule has 4 rings (SSSR count). The molecular formula is C19H18N4O4S. The molecule has 0 radical (unpaired) electrons. The Morgan fingerprint density at radius 3 is 3.07 bits per heavy atom. The van der Waals surface area contributed by atoms with Gasteiger partial charge in [-0.25, -0.2) is 4.79 Å². The molecule has 0 bridgehead atoms. The van der Waals surface area contributed by atoms with Gasteiger partial charge in [0.05, 0.1) is 20.2 Å².